The van der Waals surface area contributed by atoms with Crippen LogP contribution in [-0.2, 0) is 6.42 Å². The van der Waals surface area contributed by atoms with Crippen molar-refractivity contribution in [2.24, 2.45) is 0 Å². The number of benzene rings is 1. The van der Waals surface area contributed by atoms with E-state index < -0.39 is 0 Å². The van der Waals surface area contributed by atoms with E-state index in [4.69, 9.17) is 0 Å². The lowest BCUT2D eigenvalue weighted by Crippen LogP contribution is -2.37. The van der Waals surface area contributed by atoms with E-state index in [0.717, 1.165) is 12.8 Å². The summed E-state index contributed by atoms with van der Waals surface area (Å²) in [5, 5.41) is 3.60. The lowest BCUT2D eigenvalue weighted by Gasteiger charge is -2.30. The van der Waals surface area contributed by atoms with Crippen molar-refractivity contribution in [1.82, 2.24) is 5.32 Å². The largest absolute Gasteiger partial charge is 0.307 e. The van der Waals surface area contributed by atoms with Gasteiger partial charge in [-0.3, -0.25) is 0 Å². The molecule has 0 amide bonds. The van der Waals surface area contributed by atoms with Gasteiger partial charge in [-0.1, -0.05) is 30.3 Å². The van der Waals surface area contributed by atoms with Crippen LogP contribution in [0, 0.1) is 0 Å². The van der Waals surface area contributed by atoms with Crippen LogP contribution in [0.25, 0.3) is 0 Å². The predicted octanol–water partition coefficient (Wildman–Crippen LogP) is 2.84. The molecule has 1 heterocycles. The topological polar surface area (TPSA) is 12.0 Å². The van der Waals surface area contributed by atoms with Crippen LogP contribution in [0.1, 0.15) is 30.5 Å². The molecule has 0 saturated heterocycles. The predicted molar refractivity (Wildman–Crippen MR) is 60.3 cm³/mol. The molecule has 0 bridgehead atoms. The van der Waals surface area contributed by atoms with Crippen LogP contribution in [0.3, 0.4) is 0 Å². The van der Waals surface area contributed by atoms with Crippen molar-refractivity contribution in [3.63, 3.8) is 0 Å². The molecule has 1 aromatic carbocycles. The average Bonchev–Trinajstić information content (AvgIpc) is 2.18. The Morgan fingerprint density at radius 1 is 1.50 bits per heavy atom. The van der Waals surface area contributed by atoms with Crippen molar-refractivity contribution in [2.75, 3.05) is 0 Å². The zero-order valence-electron chi connectivity index (χ0n) is 8.66. The average molecular weight is 187 g/mol. The van der Waals surface area contributed by atoms with Crippen LogP contribution in [-0.4, -0.2) is 6.04 Å². The fourth-order valence-corrected chi connectivity index (χ4v) is 2.26. The lowest BCUT2D eigenvalue weighted by molar-refractivity contribution is 0.424. The van der Waals surface area contributed by atoms with Crippen LogP contribution in [0.2, 0.25) is 0 Å². The molecular weight excluding hydrogens is 170 g/mol. The Bertz CT molecular complexity index is 330. The van der Waals surface area contributed by atoms with E-state index in [-0.39, 0.29) is 0 Å². The van der Waals surface area contributed by atoms with Crippen LogP contribution >= 0.6 is 0 Å². The van der Waals surface area contributed by atoms with Crippen molar-refractivity contribution >= 4 is 0 Å². The number of hydrogen-bond acceptors (Lipinski definition) is 1. The highest BCUT2D eigenvalue weighted by atomic mass is 15.0. The second-order valence-corrected chi connectivity index (χ2v) is 4.01. The second kappa shape index (κ2) is 3.97. The molecule has 1 heteroatoms. The van der Waals surface area contributed by atoms with E-state index in [1.165, 1.54) is 11.1 Å². The molecule has 0 unspecified atom stereocenters. The van der Waals surface area contributed by atoms with Gasteiger partial charge in [0.2, 0.25) is 0 Å². The van der Waals surface area contributed by atoms with Crippen molar-refractivity contribution < 1.29 is 0 Å². The Balaban J connectivity index is 2.24. The molecule has 1 aliphatic rings. The third-order valence-electron chi connectivity index (χ3n) is 2.92. The van der Waals surface area contributed by atoms with Gasteiger partial charge in [-0.05, 0) is 30.9 Å². The third kappa shape index (κ3) is 1.73. The first-order chi connectivity index (χ1) is 6.81. The van der Waals surface area contributed by atoms with E-state index in [1.54, 1.807) is 0 Å². The van der Waals surface area contributed by atoms with Crippen LogP contribution in [0.4, 0.5) is 0 Å². The fourth-order valence-electron chi connectivity index (χ4n) is 2.26. The monoisotopic (exact) mass is 187 g/mol. The standard InChI is InChI=1S/C13H17N/c1-3-6-12-9-11-7-4-5-8-13(11)10(2)14-12/h3-5,7-8,10,12,14H,1,6,9H2,2H3/t10-,12+/m0/s1. The van der Waals surface area contributed by atoms with Gasteiger partial charge < -0.3 is 5.32 Å². The first-order valence-corrected chi connectivity index (χ1v) is 5.26. The van der Waals surface area contributed by atoms with Gasteiger partial charge in [0.05, 0.1) is 0 Å². The second-order valence-electron chi connectivity index (χ2n) is 4.01. The third-order valence-corrected chi connectivity index (χ3v) is 2.92. The molecule has 74 valence electrons. The Labute approximate surface area is 85.8 Å². The quantitative estimate of drug-likeness (QED) is 0.702. The van der Waals surface area contributed by atoms with E-state index in [0.29, 0.717) is 12.1 Å². The highest BCUT2D eigenvalue weighted by molar-refractivity contribution is 5.32. The Kier molecular flexibility index (Phi) is 2.69. The number of hydrogen-bond donors (Lipinski definition) is 1. The molecule has 0 fully saturated rings. The molecule has 1 aliphatic heterocycles. The molecule has 0 aromatic heterocycles. The molecular formula is C13H17N. The molecule has 0 spiro atoms. The highest BCUT2D eigenvalue weighted by Crippen LogP contribution is 2.25. The minimum Gasteiger partial charge on any atom is -0.307 e. The summed E-state index contributed by atoms with van der Waals surface area (Å²) in [6.45, 7) is 6.03. The Morgan fingerprint density at radius 2 is 2.29 bits per heavy atom. The van der Waals surface area contributed by atoms with E-state index in [9.17, 15) is 0 Å². The van der Waals surface area contributed by atoms with Crippen molar-refractivity contribution in [1.29, 1.82) is 0 Å². The van der Waals surface area contributed by atoms with Gasteiger partial charge in [-0.15, -0.1) is 6.58 Å². The molecule has 1 nitrogen and oxygen atoms in total. The van der Waals surface area contributed by atoms with Gasteiger partial charge in [-0.25, -0.2) is 0 Å². The molecule has 0 saturated carbocycles. The van der Waals surface area contributed by atoms with E-state index in [2.05, 4.69) is 43.1 Å². The van der Waals surface area contributed by atoms with Crippen LogP contribution < -0.4 is 5.32 Å². The molecule has 1 N–H and O–H groups in total. The van der Waals surface area contributed by atoms with Gasteiger partial charge in [-0.2, -0.15) is 0 Å². The molecule has 2 atom stereocenters. The van der Waals surface area contributed by atoms with Crippen LogP contribution in [0.15, 0.2) is 36.9 Å². The van der Waals surface area contributed by atoms with Gasteiger partial charge in [0.1, 0.15) is 0 Å². The summed E-state index contributed by atoms with van der Waals surface area (Å²) < 4.78 is 0. The van der Waals surface area contributed by atoms with E-state index in [1.807, 2.05) is 6.08 Å². The highest BCUT2D eigenvalue weighted by Gasteiger charge is 2.21. The fraction of sp³-hybridized carbons (Fsp3) is 0.385. The number of rotatable bonds is 2. The molecule has 0 radical (unpaired) electrons. The zero-order valence-corrected chi connectivity index (χ0v) is 8.66. The van der Waals surface area contributed by atoms with Crippen molar-refractivity contribution in [2.45, 2.75) is 31.8 Å². The summed E-state index contributed by atoms with van der Waals surface area (Å²) in [6, 6.07) is 9.74. The first kappa shape index (κ1) is 9.47. The summed E-state index contributed by atoms with van der Waals surface area (Å²) in [7, 11) is 0. The SMILES string of the molecule is C=CC[C@@H]1Cc2ccccc2[C@H](C)N1. The normalized spacial score (nSPS) is 25.5. The summed E-state index contributed by atoms with van der Waals surface area (Å²) in [4.78, 5) is 0. The lowest BCUT2D eigenvalue weighted by atomic mass is 9.90. The number of fused-ring (bicyclic) bond motifs is 1. The maximum absolute atomic E-state index is 3.80. The first-order valence-electron chi connectivity index (χ1n) is 5.26. The maximum atomic E-state index is 3.80. The van der Waals surface area contributed by atoms with E-state index >= 15 is 0 Å². The maximum Gasteiger partial charge on any atom is 0.0297 e. The molecule has 14 heavy (non-hydrogen) atoms. The van der Waals surface area contributed by atoms with Gasteiger partial charge in [0.25, 0.3) is 0 Å². The molecule has 0 aliphatic carbocycles. The molecule has 1 aromatic rings. The summed E-state index contributed by atoms with van der Waals surface area (Å²) in [5.74, 6) is 0. The summed E-state index contributed by atoms with van der Waals surface area (Å²) in [6.07, 6.45) is 4.18. The smallest absolute Gasteiger partial charge is 0.0297 e. The Morgan fingerprint density at radius 3 is 3.07 bits per heavy atom. The van der Waals surface area contributed by atoms with Gasteiger partial charge in [0, 0.05) is 12.1 Å². The molecule has 2 rings (SSSR count). The minimum absolute atomic E-state index is 0.477. The zero-order chi connectivity index (χ0) is 9.97. The summed E-state index contributed by atoms with van der Waals surface area (Å²) in [5.41, 5.74) is 2.94. The van der Waals surface area contributed by atoms with Gasteiger partial charge in [0.15, 0.2) is 0 Å². The van der Waals surface area contributed by atoms with Crippen molar-refractivity contribution in [3.8, 4) is 0 Å². The van der Waals surface area contributed by atoms with Crippen LogP contribution in [0.5, 0.6) is 0 Å². The number of nitrogens with one attached hydrogen (secondary N) is 1. The Hall–Kier alpha value is -1.08. The van der Waals surface area contributed by atoms with Gasteiger partial charge >= 0.3 is 0 Å². The summed E-state index contributed by atoms with van der Waals surface area (Å²) >= 11 is 0. The minimum atomic E-state index is 0.477. The van der Waals surface area contributed by atoms with Crippen molar-refractivity contribution in [3.05, 3.63) is 48.0 Å².